The molecule has 0 saturated carbocycles. The van der Waals surface area contributed by atoms with Crippen molar-refractivity contribution in [1.82, 2.24) is 4.57 Å². The molecule has 0 bridgehead atoms. The van der Waals surface area contributed by atoms with Crippen molar-refractivity contribution in [3.05, 3.63) is 47.3 Å². The van der Waals surface area contributed by atoms with Crippen LogP contribution in [0.1, 0.15) is 17.0 Å². The van der Waals surface area contributed by atoms with E-state index >= 15 is 0 Å². The fourth-order valence-electron chi connectivity index (χ4n) is 1.73. The van der Waals surface area contributed by atoms with Gasteiger partial charge in [-0.05, 0) is 32.0 Å². The number of anilines is 2. The molecule has 0 aliphatic carbocycles. The smallest absolute Gasteiger partial charge is 0.122 e. The van der Waals surface area contributed by atoms with E-state index in [0.29, 0.717) is 5.69 Å². The molecule has 0 atom stereocenters. The summed E-state index contributed by atoms with van der Waals surface area (Å²) in [5.41, 5.74) is 4.97. The second-order valence-corrected chi connectivity index (χ2v) is 4.19. The summed E-state index contributed by atoms with van der Waals surface area (Å²) >= 11 is 0. The molecular weight excluding hydrogens is 210 g/mol. The Labute approximate surface area is 101 Å². The van der Waals surface area contributed by atoms with Crippen LogP contribution in [-0.4, -0.2) is 4.57 Å². The Kier molecular flexibility index (Phi) is 2.88. The van der Waals surface area contributed by atoms with E-state index in [1.54, 1.807) is 0 Å². The highest BCUT2D eigenvalue weighted by Gasteiger charge is 2.08. The van der Waals surface area contributed by atoms with Gasteiger partial charge < -0.3 is 9.88 Å². The number of rotatable bonds is 2. The average Bonchev–Trinajstić information content (AvgIpc) is 2.60. The van der Waals surface area contributed by atoms with E-state index in [9.17, 15) is 0 Å². The highest BCUT2D eigenvalue weighted by molar-refractivity contribution is 5.64. The summed E-state index contributed by atoms with van der Waals surface area (Å²) in [6.45, 7) is 4.06. The van der Waals surface area contributed by atoms with Gasteiger partial charge in [0.05, 0.1) is 5.69 Å². The summed E-state index contributed by atoms with van der Waals surface area (Å²) < 4.78 is 1.89. The maximum absolute atomic E-state index is 8.96. The van der Waals surface area contributed by atoms with Gasteiger partial charge in [-0.25, -0.2) is 0 Å². The third kappa shape index (κ3) is 2.16. The molecule has 1 heterocycles. The molecule has 3 heteroatoms. The highest BCUT2D eigenvalue weighted by atomic mass is 15.0. The zero-order valence-electron chi connectivity index (χ0n) is 10.3. The van der Waals surface area contributed by atoms with Gasteiger partial charge in [-0.3, -0.25) is 0 Å². The van der Waals surface area contributed by atoms with Crippen LogP contribution in [0.5, 0.6) is 0 Å². The summed E-state index contributed by atoms with van der Waals surface area (Å²) in [7, 11) is 1.90. The Balaban J connectivity index is 2.31. The Morgan fingerprint density at radius 2 is 1.82 bits per heavy atom. The predicted molar refractivity (Wildman–Crippen MR) is 69.3 cm³/mol. The van der Waals surface area contributed by atoms with E-state index in [1.807, 2.05) is 36.7 Å². The maximum atomic E-state index is 8.96. The summed E-state index contributed by atoms with van der Waals surface area (Å²) in [5, 5.41) is 12.3. The van der Waals surface area contributed by atoms with Gasteiger partial charge in [-0.2, -0.15) is 5.26 Å². The Morgan fingerprint density at radius 1 is 1.18 bits per heavy atom. The van der Waals surface area contributed by atoms with Gasteiger partial charge in [0, 0.05) is 18.4 Å². The van der Waals surface area contributed by atoms with Gasteiger partial charge in [-0.1, -0.05) is 17.7 Å². The second kappa shape index (κ2) is 4.34. The third-order valence-electron chi connectivity index (χ3n) is 2.98. The Morgan fingerprint density at radius 3 is 2.35 bits per heavy atom. The molecule has 17 heavy (non-hydrogen) atoms. The first-order valence-electron chi connectivity index (χ1n) is 5.52. The van der Waals surface area contributed by atoms with Crippen LogP contribution in [0.4, 0.5) is 11.4 Å². The lowest BCUT2D eigenvalue weighted by Gasteiger charge is -2.06. The lowest BCUT2D eigenvalue weighted by molar-refractivity contribution is 0.867. The molecule has 0 spiro atoms. The number of benzene rings is 1. The average molecular weight is 225 g/mol. The van der Waals surface area contributed by atoms with Crippen molar-refractivity contribution in [2.45, 2.75) is 13.8 Å². The number of nitriles is 1. The monoisotopic (exact) mass is 225 g/mol. The van der Waals surface area contributed by atoms with Crippen LogP contribution >= 0.6 is 0 Å². The van der Waals surface area contributed by atoms with Gasteiger partial charge >= 0.3 is 0 Å². The molecule has 1 aromatic heterocycles. The van der Waals surface area contributed by atoms with Gasteiger partial charge in [0.25, 0.3) is 0 Å². The van der Waals surface area contributed by atoms with Gasteiger partial charge in [0.1, 0.15) is 11.8 Å². The number of aryl methyl sites for hydroxylation is 1. The molecule has 86 valence electrons. The molecule has 0 aliphatic heterocycles. The molecule has 0 unspecified atom stereocenters. The SMILES string of the molecule is Cc1ccc(Nc2cc(C#N)n(C)c2C)cc1. The van der Waals surface area contributed by atoms with E-state index < -0.39 is 0 Å². The summed E-state index contributed by atoms with van der Waals surface area (Å²) in [5.74, 6) is 0. The number of nitrogens with one attached hydrogen (secondary N) is 1. The lowest BCUT2D eigenvalue weighted by Crippen LogP contribution is -1.95. The molecule has 0 fully saturated rings. The summed E-state index contributed by atoms with van der Waals surface area (Å²) in [6, 6.07) is 12.2. The Bertz CT molecular complexity index is 571. The van der Waals surface area contributed by atoms with Gasteiger partial charge in [-0.15, -0.1) is 0 Å². The lowest BCUT2D eigenvalue weighted by atomic mass is 10.2. The predicted octanol–water partition coefficient (Wildman–Crippen LogP) is 3.26. The summed E-state index contributed by atoms with van der Waals surface area (Å²) in [4.78, 5) is 0. The first-order chi connectivity index (χ1) is 8.11. The van der Waals surface area contributed by atoms with Gasteiger partial charge in [0.2, 0.25) is 0 Å². The number of nitrogens with zero attached hydrogens (tertiary/aromatic N) is 2. The third-order valence-corrected chi connectivity index (χ3v) is 2.98. The van der Waals surface area contributed by atoms with Crippen molar-refractivity contribution in [2.75, 3.05) is 5.32 Å². The van der Waals surface area contributed by atoms with Crippen LogP contribution in [0.15, 0.2) is 30.3 Å². The molecule has 3 nitrogen and oxygen atoms in total. The minimum atomic E-state index is 0.664. The van der Waals surface area contributed by atoms with Crippen molar-refractivity contribution in [3.63, 3.8) is 0 Å². The standard InChI is InChI=1S/C14H15N3/c1-10-4-6-12(7-5-10)16-14-8-13(9-15)17(3)11(14)2/h4-8,16H,1-3H3. The maximum Gasteiger partial charge on any atom is 0.122 e. The van der Waals surface area contributed by atoms with E-state index in [-0.39, 0.29) is 0 Å². The molecular formula is C14H15N3. The molecule has 2 aromatic rings. The van der Waals surface area contributed by atoms with E-state index in [4.69, 9.17) is 5.26 Å². The molecule has 2 rings (SSSR count). The van der Waals surface area contributed by atoms with Crippen molar-refractivity contribution >= 4 is 11.4 Å². The van der Waals surface area contributed by atoms with E-state index in [0.717, 1.165) is 17.1 Å². The van der Waals surface area contributed by atoms with E-state index in [1.165, 1.54) is 5.56 Å². The van der Waals surface area contributed by atoms with Crippen LogP contribution in [0, 0.1) is 25.2 Å². The Hall–Kier alpha value is -2.21. The quantitative estimate of drug-likeness (QED) is 0.852. The molecule has 0 saturated heterocycles. The summed E-state index contributed by atoms with van der Waals surface area (Å²) in [6.07, 6.45) is 0. The van der Waals surface area contributed by atoms with Crippen LogP contribution in [-0.2, 0) is 7.05 Å². The number of hydrogen-bond acceptors (Lipinski definition) is 2. The minimum absolute atomic E-state index is 0.664. The number of aromatic nitrogens is 1. The zero-order valence-corrected chi connectivity index (χ0v) is 10.3. The molecule has 0 aliphatic rings. The highest BCUT2D eigenvalue weighted by Crippen LogP contribution is 2.23. The minimum Gasteiger partial charge on any atom is -0.354 e. The fraction of sp³-hybridized carbons (Fsp3) is 0.214. The van der Waals surface area contributed by atoms with Gasteiger partial charge in [0.15, 0.2) is 0 Å². The first-order valence-corrected chi connectivity index (χ1v) is 5.52. The fourth-order valence-corrected chi connectivity index (χ4v) is 1.73. The molecule has 1 N–H and O–H groups in total. The van der Waals surface area contributed by atoms with Crippen molar-refractivity contribution in [2.24, 2.45) is 7.05 Å². The largest absolute Gasteiger partial charge is 0.354 e. The van der Waals surface area contributed by atoms with Crippen molar-refractivity contribution in [3.8, 4) is 6.07 Å². The zero-order chi connectivity index (χ0) is 12.4. The molecule has 0 radical (unpaired) electrons. The molecule has 1 aromatic carbocycles. The van der Waals surface area contributed by atoms with Crippen LogP contribution in [0.3, 0.4) is 0 Å². The van der Waals surface area contributed by atoms with E-state index in [2.05, 4.69) is 30.4 Å². The second-order valence-electron chi connectivity index (χ2n) is 4.19. The normalized spacial score (nSPS) is 10.0. The first kappa shape index (κ1) is 11.3. The van der Waals surface area contributed by atoms with Crippen molar-refractivity contribution in [1.29, 1.82) is 5.26 Å². The van der Waals surface area contributed by atoms with Crippen LogP contribution in [0.25, 0.3) is 0 Å². The molecule has 0 amide bonds. The van der Waals surface area contributed by atoms with Crippen molar-refractivity contribution < 1.29 is 0 Å². The van der Waals surface area contributed by atoms with Crippen LogP contribution < -0.4 is 5.32 Å². The van der Waals surface area contributed by atoms with Crippen LogP contribution in [0.2, 0.25) is 0 Å². The topological polar surface area (TPSA) is 40.8 Å². The number of hydrogen-bond donors (Lipinski definition) is 1.